The molecule has 0 aliphatic carbocycles. The number of hydrogen-bond donors (Lipinski definition) is 2. The van der Waals surface area contributed by atoms with E-state index >= 15 is 0 Å². The highest BCUT2D eigenvalue weighted by Gasteiger charge is 2.34. The van der Waals surface area contributed by atoms with Crippen molar-refractivity contribution >= 4 is 6.03 Å². The van der Waals surface area contributed by atoms with Gasteiger partial charge in [-0.3, -0.25) is 0 Å². The third-order valence-corrected chi connectivity index (χ3v) is 5.59. The summed E-state index contributed by atoms with van der Waals surface area (Å²) in [6.07, 6.45) is 4.56. The van der Waals surface area contributed by atoms with Gasteiger partial charge in [0.15, 0.2) is 0 Å². The maximum absolute atomic E-state index is 12.4. The first kappa shape index (κ1) is 19.6. The van der Waals surface area contributed by atoms with Gasteiger partial charge in [-0.25, -0.2) is 4.79 Å². The van der Waals surface area contributed by atoms with Gasteiger partial charge < -0.3 is 20.1 Å². The molecule has 5 heteroatoms. The third-order valence-electron chi connectivity index (χ3n) is 5.59. The lowest BCUT2D eigenvalue weighted by Crippen LogP contribution is -2.50. The number of piperidine rings is 1. The highest BCUT2D eigenvalue weighted by atomic mass is 16.5. The molecule has 0 spiro atoms. The molecule has 1 aliphatic rings. The van der Waals surface area contributed by atoms with Gasteiger partial charge in [0.05, 0.1) is 7.11 Å². The lowest BCUT2D eigenvalue weighted by atomic mass is 9.77. The molecule has 1 unspecified atom stereocenters. The van der Waals surface area contributed by atoms with Crippen molar-refractivity contribution in [1.29, 1.82) is 0 Å². The van der Waals surface area contributed by atoms with Crippen LogP contribution in [-0.2, 0) is 6.42 Å². The van der Waals surface area contributed by atoms with E-state index in [4.69, 9.17) is 4.74 Å². The van der Waals surface area contributed by atoms with Gasteiger partial charge in [0.2, 0.25) is 0 Å². The molecule has 0 saturated carbocycles. The number of aliphatic hydroxyl groups is 1. The van der Waals surface area contributed by atoms with Gasteiger partial charge in [0.25, 0.3) is 0 Å². The highest BCUT2D eigenvalue weighted by molar-refractivity contribution is 5.74. The smallest absolute Gasteiger partial charge is 0.317 e. The van der Waals surface area contributed by atoms with Crippen LogP contribution in [-0.4, -0.2) is 48.9 Å². The summed E-state index contributed by atoms with van der Waals surface area (Å²) in [7, 11) is 1.66. The molecule has 1 aromatic rings. The predicted molar refractivity (Wildman–Crippen MR) is 99.9 cm³/mol. The molecule has 2 rings (SSSR count). The monoisotopic (exact) mass is 348 g/mol. The van der Waals surface area contributed by atoms with Crippen molar-refractivity contribution in [3.63, 3.8) is 0 Å². The average molecular weight is 348 g/mol. The molecule has 0 aromatic heterocycles. The number of carbonyl (C=O) groups excluding carboxylic acids is 1. The molecular weight excluding hydrogens is 316 g/mol. The Bertz CT molecular complexity index is 530. The quantitative estimate of drug-likeness (QED) is 0.795. The maximum Gasteiger partial charge on any atom is 0.317 e. The summed E-state index contributed by atoms with van der Waals surface area (Å²) in [6.45, 7) is 5.84. The van der Waals surface area contributed by atoms with Crippen molar-refractivity contribution in [2.45, 2.75) is 52.0 Å². The zero-order chi connectivity index (χ0) is 18.3. The van der Waals surface area contributed by atoms with Crippen molar-refractivity contribution in [3.05, 3.63) is 29.8 Å². The molecule has 25 heavy (non-hydrogen) atoms. The van der Waals surface area contributed by atoms with Gasteiger partial charge in [-0.15, -0.1) is 0 Å². The number of amides is 2. The Morgan fingerprint density at radius 1 is 1.32 bits per heavy atom. The van der Waals surface area contributed by atoms with Gasteiger partial charge in [0.1, 0.15) is 5.75 Å². The van der Waals surface area contributed by atoms with Crippen LogP contribution >= 0.6 is 0 Å². The van der Waals surface area contributed by atoms with E-state index in [-0.39, 0.29) is 24.1 Å². The molecule has 5 nitrogen and oxygen atoms in total. The highest BCUT2D eigenvalue weighted by Crippen LogP contribution is 2.34. The van der Waals surface area contributed by atoms with Crippen molar-refractivity contribution in [2.75, 3.05) is 26.8 Å². The second kappa shape index (κ2) is 9.09. The number of methoxy groups -OCH3 is 1. The van der Waals surface area contributed by atoms with E-state index in [1.807, 2.05) is 17.0 Å². The van der Waals surface area contributed by atoms with E-state index in [2.05, 4.69) is 31.3 Å². The second-order valence-corrected chi connectivity index (χ2v) is 7.24. The van der Waals surface area contributed by atoms with E-state index in [1.54, 1.807) is 7.11 Å². The number of ether oxygens (including phenoxy) is 1. The van der Waals surface area contributed by atoms with Crippen molar-refractivity contribution in [2.24, 2.45) is 5.41 Å². The fraction of sp³-hybridized carbons (Fsp3) is 0.650. The number of hydrogen-bond acceptors (Lipinski definition) is 3. The molecule has 1 saturated heterocycles. The fourth-order valence-electron chi connectivity index (χ4n) is 3.36. The standard InChI is InChI=1S/C20H32N2O3/c1-4-20(15-23)11-13-22(14-12-20)19(24)21-16(2)5-6-17-7-9-18(25-3)10-8-17/h7-10,16,23H,4-6,11-15H2,1-3H3,(H,21,24). The van der Waals surface area contributed by atoms with Gasteiger partial charge in [-0.2, -0.15) is 0 Å². The van der Waals surface area contributed by atoms with Crippen molar-refractivity contribution in [3.8, 4) is 5.75 Å². The largest absolute Gasteiger partial charge is 0.497 e. The first-order valence-electron chi connectivity index (χ1n) is 9.31. The van der Waals surface area contributed by atoms with Gasteiger partial charge >= 0.3 is 6.03 Å². The molecule has 1 aliphatic heterocycles. The normalized spacial score (nSPS) is 17.8. The van der Waals surface area contributed by atoms with Crippen LogP contribution in [0.3, 0.4) is 0 Å². The summed E-state index contributed by atoms with van der Waals surface area (Å²) in [4.78, 5) is 14.3. The Morgan fingerprint density at radius 2 is 1.96 bits per heavy atom. The third kappa shape index (κ3) is 5.36. The number of nitrogens with zero attached hydrogens (tertiary/aromatic N) is 1. The molecule has 1 fully saturated rings. The molecule has 1 heterocycles. The Hall–Kier alpha value is -1.75. The molecule has 2 amide bonds. The zero-order valence-electron chi connectivity index (χ0n) is 15.8. The van der Waals surface area contributed by atoms with Crippen LogP contribution < -0.4 is 10.1 Å². The van der Waals surface area contributed by atoms with E-state index in [9.17, 15) is 9.90 Å². The molecule has 2 N–H and O–H groups in total. The van der Waals surface area contributed by atoms with Crippen LogP contribution in [0, 0.1) is 5.41 Å². The minimum atomic E-state index is 0.0107. The second-order valence-electron chi connectivity index (χ2n) is 7.24. The molecule has 0 bridgehead atoms. The topological polar surface area (TPSA) is 61.8 Å². The zero-order valence-corrected chi connectivity index (χ0v) is 15.8. The average Bonchev–Trinajstić information content (AvgIpc) is 2.66. The molecule has 1 atom stereocenters. The van der Waals surface area contributed by atoms with E-state index in [0.717, 1.165) is 50.9 Å². The van der Waals surface area contributed by atoms with Crippen molar-refractivity contribution < 1.29 is 14.6 Å². The summed E-state index contributed by atoms with van der Waals surface area (Å²) >= 11 is 0. The number of aryl methyl sites for hydroxylation is 1. The molecule has 1 aromatic carbocycles. The maximum atomic E-state index is 12.4. The first-order chi connectivity index (χ1) is 12.0. The van der Waals surface area contributed by atoms with Crippen molar-refractivity contribution in [1.82, 2.24) is 10.2 Å². The predicted octanol–water partition coefficient (Wildman–Crippen LogP) is 3.21. The summed E-state index contributed by atoms with van der Waals surface area (Å²) < 4.78 is 5.17. The minimum absolute atomic E-state index is 0.0107. The Labute approximate surface area is 151 Å². The van der Waals surface area contributed by atoms with Gasteiger partial charge in [-0.1, -0.05) is 19.1 Å². The summed E-state index contributed by atoms with van der Waals surface area (Å²) in [5.74, 6) is 0.862. The van der Waals surface area contributed by atoms with Crippen LogP contribution in [0.2, 0.25) is 0 Å². The van der Waals surface area contributed by atoms with E-state index in [1.165, 1.54) is 5.56 Å². The summed E-state index contributed by atoms with van der Waals surface area (Å²) in [5, 5.41) is 12.7. The Morgan fingerprint density at radius 3 is 2.48 bits per heavy atom. The number of urea groups is 1. The molecule has 0 radical (unpaired) electrons. The summed E-state index contributed by atoms with van der Waals surface area (Å²) in [5.41, 5.74) is 1.26. The van der Waals surface area contributed by atoms with Gasteiger partial charge in [-0.05, 0) is 62.1 Å². The molecular formula is C20H32N2O3. The lowest BCUT2D eigenvalue weighted by molar-refractivity contribution is 0.0515. The number of likely N-dealkylation sites (tertiary alicyclic amines) is 1. The number of nitrogens with one attached hydrogen (secondary N) is 1. The van der Waals surface area contributed by atoms with E-state index < -0.39 is 0 Å². The number of aliphatic hydroxyl groups excluding tert-OH is 1. The van der Waals surface area contributed by atoms with Crippen LogP contribution in [0.25, 0.3) is 0 Å². The van der Waals surface area contributed by atoms with Crippen LogP contribution in [0.15, 0.2) is 24.3 Å². The number of carbonyl (C=O) groups is 1. The van der Waals surface area contributed by atoms with Gasteiger partial charge in [0, 0.05) is 25.7 Å². The Balaban J connectivity index is 1.74. The Kier molecular flexibility index (Phi) is 7.12. The van der Waals surface area contributed by atoms with E-state index in [0.29, 0.717) is 0 Å². The van der Waals surface area contributed by atoms with Crippen LogP contribution in [0.5, 0.6) is 5.75 Å². The minimum Gasteiger partial charge on any atom is -0.497 e. The molecule has 140 valence electrons. The SMILES string of the molecule is CCC1(CO)CCN(C(=O)NC(C)CCc2ccc(OC)cc2)CC1. The van der Waals surface area contributed by atoms with Crippen LogP contribution in [0.1, 0.15) is 45.1 Å². The fourth-order valence-corrected chi connectivity index (χ4v) is 3.36. The first-order valence-corrected chi connectivity index (χ1v) is 9.31. The van der Waals surface area contributed by atoms with Crippen LogP contribution in [0.4, 0.5) is 4.79 Å². The number of benzene rings is 1. The lowest BCUT2D eigenvalue weighted by Gasteiger charge is -2.40. The number of rotatable bonds is 7. The summed E-state index contributed by atoms with van der Waals surface area (Å²) in [6, 6.07) is 8.21.